The molecule has 5 heteroatoms. The van der Waals surface area contributed by atoms with E-state index in [1.165, 1.54) is 18.2 Å². The van der Waals surface area contributed by atoms with E-state index in [0.717, 1.165) is 6.07 Å². The van der Waals surface area contributed by atoms with Gasteiger partial charge in [-0.1, -0.05) is 0 Å². The summed E-state index contributed by atoms with van der Waals surface area (Å²) in [7, 11) is 3.18. The first-order chi connectivity index (χ1) is 6.01. The van der Waals surface area contributed by atoms with Crippen LogP contribution in [-0.4, -0.2) is 11.1 Å². The topological polar surface area (TPSA) is 22.0 Å². The van der Waals surface area contributed by atoms with Crippen LogP contribution in [0.4, 0.5) is 13.2 Å². The number of hydrogen-bond acceptors (Lipinski definition) is 1. The molecule has 0 aliphatic rings. The quantitative estimate of drug-likeness (QED) is 0.521. The van der Waals surface area contributed by atoms with Crippen molar-refractivity contribution in [2.75, 3.05) is 0 Å². The van der Waals surface area contributed by atoms with E-state index in [1.807, 2.05) is 0 Å². The number of alkyl halides is 3. The number of aromatic hydroxyl groups is 1. The monoisotopic (exact) mass is 192 g/mol. The van der Waals surface area contributed by atoms with Gasteiger partial charge in [0.1, 0.15) is 5.75 Å². The lowest BCUT2D eigenvalue weighted by Gasteiger charge is -2.09. The van der Waals surface area contributed by atoms with E-state index in [0.29, 0.717) is 5.75 Å². The fourth-order valence-electron chi connectivity index (χ4n) is 0.779. The molecule has 1 aromatic rings. The molecule has 0 saturated carbocycles. The van der Waals surface area contributed by atoms with E-state index in [1.54, 1.807) is 0 Å². The molecule has 13 heavy (non-hydrogen) atoms. The van der Waals surface area contributed by atoms with E-state index in [4.69, 9.17) is 0 Å². The Hall–Kier alpha value is -1.39. The molecule has 0 aromatic heterocycles. The molecule has 1 N–H and O–H groups in total. The minimum Gasteiger partial charge on any atom is -0.722 e. The summed E-state index contributed by atoms with van der Waals surface area (Å²) < 4.78 is 42.2. The number of ether oxygens (including phenoxy) is 2. The smallest absolute Gasteiger partial charge is 0.573 e. The average Bonchev–Trinajstić information content (AvgIpc) is 2.01. The molecule has 0 heterocycles. The van der Waals surface area contributed by atoms with Gasteiger partial charge in [-0.05, 0) is 19.2 Å². The van der Waals surface area contributed by atoms with Gasteiger partial charge in [0.25, 0.3) is 0 Å². The molecule has 0 unspecified atom stereocenters. The zero-order valence-electron chi connectivity index (χ0n) is 6.51. The van der Waals surface area contributed by atoms with Crippen LogP contribution in [0.5, 0.6) is 11.5 Å². The molecule has 1 aromatic carbocycles. The van der Waals surface area contributed by atoms with Gasteiger partial charge in [0.15, 0.2) is 0 Å². The fraction of sp³-hybridized carbons (Fsp3) is 0.125. The van der Waals surface area contributed by atoms with Gasteiger partial charge in [-0.25, -0.2) is 0 Å². The van der Waals surface area contributed by atoms with E-state index in [9.17, 15) is 13.2 Å². The molecular weight excluding hydrogens is 185 g/mol. The molecular formula is C8H7F3O2. The minimum absolute atomic E-state index is 0.294. The standard InChI is InChI=1S/C8H7F3O2/c1-12-6-3-2-4-7(5-6)13-8(9,10)11/h2-5,12H,1H2. The maximum Gasteiger partial charge on any atom is 0.573 e. The Morgan fingerprint density at radius 1 is 1.31 bits per heavy atom. The van der Waals surface area contributed by atoms with Crippen LogP contribution in [0.2, 0.25) is 0 Å². The normalized spacial score (nSPS) is 11.1. The fourth-order valence-corrected chi connectivity index (χ4v) is 0.779. The molecule has 1 rings (SSSR count). The van der Waals surface area contributed by atoms with Crippen molar-refractivity contribution in [2.24, 2.45) is 0 Å². The molecule has 0 aliphatic heterocycles. The van der Waals surface area contributed by atoms with Crippen molar-refractivity contribution < 1.29 is 22.6 Å². The van der Waals surface area contributed by atoms with Crippen LogP contribution in [0, 0.1) is 7.11 Å². The Bertz CT molecular complexity index is 283. The lowest BCUT2D eigenvalue weighted by Crippen LogP contribution is -2.16. The van der Waals surface area contributed by atoms with Crippen LogP contribution in [0.1, 0.15) is 0 Å². The van der Waals surface area contributed by atoms with Crippen molar-refractivity contribution in [3.8, 4) is 11.5 Å². The first-order valence-electron chi connectivity index (χ1n) is 3.34. The van der Waals surface area contributed by atoms with Gasteiger partial charge in [-0.15, -0.1) is 13.2 Å². The third-order valence-corrected chi connectivity index (χ3v) is 1.23. The molecule has 2 nitrogen and oxygen atoms in total. The average molecular weight is 192 g/mol. The third kappa shape index (κ3) is 3.23. The number of benzene rings is 1. The van der Waals surface area contributed by atoms with Crippen LogP contribution in [0.3, 0.4) is 0 Å². The summed E-state index contributed by atoms with van der Waals surface area (Å²) >= 11 is 0. The van der Waals surface area contributed by atoms with Gasteiger partial charge >= 0.3 is 6.36 Å². The van der Waals surface area contributed by atoms with Crippen LogP contribution < -0.4 is 4.74 Å². The van der Waals surface area contributed by atoms with Crippen molar-refractivity contribution in [3.05, 3.63) is 31.4 Å². The summed E-state index contributed by atoms with van der Waals surface area (Å²) in [6.07, 6.45) is -4.67. The second-order valence-electron chi connectivity index (χ2n) is 2.20. The maximum atomic E-state index is 11.7. The molecule has 0 radical (unpaired) electrons. The summed E-state index contributed by atoms with van der Waals surface area (Å²) in [5.41, 5.74) is 0. The Morgan fingerprint density at radius 2 is 2.00 bits per heavy atom. The van der Waals surface area contributed by atoms with Crippen LogP contribution in [0.15, 0.2) is 24.3 Å². The minimum atomic E-state index is -4.67. The zero-order valence-corrected chi connectivity index (χ0v) is 6.51. The van der Waals surface area contributed by atoms with E-state index < -0.39 is 6.36 Å². The van der Waals surface area contributed by atoms with Crippen molar-refractivity contribution in [1.82, 2.24) is 0 Å². The Kier molecular flexibility index (Phi) is 2.65. The third-order valence-electron chi connectivity index (χ3n) is 1.23. The second-order valence-corrected chi connectivity index (χ2v) is 2.20. The highest BCUT2D eigenvalue weighted by atomic mass is 19.4. The van der Waals surface area contributed by atoms with Gasteiger partial charge in [0.2, 0.25) is 5.75 Å². The van der Waals surface area contributed by atoms with E-state index in [-0.39, 0.29) is 5.75 Å². The van der Waals surface area contributed by atoms with Crippen molar-refractivity contribution in [3.63, 3.8) is 0 Å². The van der Waals surface area contributed by atoms with Crippen molar-refractivity contribution >= 4 is 0 Å². The molecule has 0 fully saturated rings. The second kappa shape index (κ2) is 3.55. The maximum absolute atomic E-state index is 11.7. The lowest BCUT2D eigenvalue weighted by molar-refractivity contribution is -0.274. The van der Waals surface area contributed by atoms with Crippen LogP contribution in [0.25, 0.3) is 0 Å². The van der Waals surface area contributed by atoms with Crippen LogP contribution in [-0.2, 0) is 0 Å². The number of aliphatic hydroxyl groups is 1. The van der Waals surface area contributed by atoms with Crippen molar-refractivity contribution in [1.29, 1.82) is 0 Å². The first-order valence-corrected chi connectivity index (χ1v) is 3.34. The van der Waals surface area contributed by atoms with E-state index >= 15 is 0 Å². The van der Waals surface area contributed by atoms with Crippen molar-refractivity contribution in [2.45, 2.75) is 6.36 Å². The molecule has 0 atom stereocenters. The highest BCUT2D eigenvalue weighted by Crippen LogP contribution is 2.25. The molecule has 0 amide bonds. The zero-order chi connectivity index (χ0) is 9.90. The van der Waals surface area contributed by atoms with Gasteiger partial charge in [0.05, 0.1) is 6.07 Å². The van der Waals surface area contributed by atoms with E-state index in [2.05, 4.69) is 16.6 Å². The summed E-state index contributed by atoms with van der Waals surface area (Å²) in [6, 6.07) is 5.28. The number of rotatable bonds is 2. The number of hydrogen-bond donors (Lipinski definition) is 0. The van der Waals surface area contributed by atoms with Gasteiger partial charge < -0.3 is 9.47 Å². The highest BCUT2D eigenvalue weighted by Gasteiger charge is 2.31. The summed E-state index contributed by atoms with van der Waals surface area (Å²) in [5.74, 6) is 0.0409. The molecule has 0 spiro atoms. The molecule has 0 saturated heterocycles. The molecule has 0 bridgehead atoms. The SMILES string of the molecule is [CH2-][OH+]c1cccc(OC(F)(F)F)c1. The Labute approximate surface area is 72.9 Å². The summed E-state index contributed by atoms with van der Waals surface area (Å²) in [5, 5.41) is 0. The predicted molar refractivity (Wildman–Crippen MR) is 40.1 cm³/mol. The largest absolute Gasteiger partial charge is 0.722 e. The highest BCUT2D eigenvalue weighted by molar-refractivity contribution is 5.32. The lowest BCUT2D eigenvalue weighted by atomic mass is 10.3. The van der Waals surface area contributed by atoms with Gasteiger partial charge in [-0.3, -0.25) is 0 Å². The summed E-state index contributed by atoms with van der Waals surface area (Å²) in [6.45, 7) is 0. The first kappa shape index (κ1) is 9.70. The predicted octanol–water partition coefficient (Wildman–Crippen LogP) is 2.62. The molecule has 72 valence electrons. The Morgan fingerprint density at radius 3 is 2.54 bits per heavy atom. The van der Waals surface area contributed by atoms with Gasteiger partial charge in [-0.2, -0.15) is 0 Å². The van der Waals surface area contributed by atoms with Crippen LogP contribution >= 0.6 is 0 Å². The van der Waals surface area contributed by atoms with Gasteiger partial charge in [0, 0.05) is 6.07 Å². The summed E-state index contributed by atoms with van der Waals surface area (Å²) in [4.78, 5) is 0. The molecule has 0 aliphatic carbocycles. The Balaban J connectivity index is 2.78. The number of halogens is 3.